The van der Waals surface area contributed by atoms with Crippen LogP contribution in [0.15, 0.2) is 29.1 Å². The highest BCUT2D eigenvalue weighted by Crippen LogP contribution is 2.33. The van der Waals surface area contributed by atoms with E-state index in [0.717, 1.165) is 54.7 Å². The molecular weight excluding hydrogens is 436 g/mol. The van der Waals surface area contributed by atoms with E-state index >= 15 is 0 Å². The Hall–Kier alpha value is -2.71. The predicted molar refractivity (Wildman–Crippen MR) is 130 cm³/mol. The second-order valence-electron chi connectivity index (χ2n) is 8.84. The number of benzene rings is 1. The number of hydrogen-bond acceptors (Lipinski definition) is 6. The van der Waals surface area contributed by atoms with Gasteiger partial charge in [-0.2, -0.15) is 0 Å². The molecule has 3 heterocycles. The molecule has 1 aliphatic heterocycles. The number of nitrogens with one attached hydrogen (secondary N) is 1. The van der Waals surface area contributed by atoms with E-state index in [1.807, 2.05) is 29.2 Å². The van der Waals surface area contributed by atoms with Crippen LogP contribution in [0.5, 0.6) is 5.75 Å². The van der Waals surface area contributed by atoms with Crippen LogP contribution < -0.4 is 10.3 Å². The van der Waals surface area contributed by atoms with Gasteiger partial charge in [0.2, 0.25) is 0 Å². The average molecular weight is 467 g/mol. The molecular formula is C25H30N4O3S. The smallest absolute Gasteiger partial charge is 0.259 e. The number of H-pyrrole nitrogens is 1. The van der Waals surface area contributed by atoms with Crippen molar-refractivity contribution in [2.45, 2.75) is 45.6 Å². The number of amides is 1. The maximum atomic E-state index is 12.9. The fourth-order valence-corrected chi connectivity index (χ4v) is 5.98. The van der Waals surface area contributed by atoms with E-state index in [4.69, 9.17) is 9.72 Å². The van der Waals surface area contributed by atoms with Crippen LogP contribution in [-0.4, -0.2) is 58.5 Å². The number of aryl methyl sites for hydroxylation is 2. The summed E-state index contributed by atoms with van der Waals surface area (Å²) in [6.45, 7) is 6.17. The van der Waals surface area contributed by atoms with E-state index in [9.17, 15) is 9.59 Å². The Kier molecular flexibility index (Phi) is 6.46. The topological polar surface area (TPSA) is 78.5 Å². The largest absolute Gasteiger partial charge is 0.494 e. The minimum absolute atomic E-state index is 0.00502. The summed E-state index contributed by atoms with van der Waals surface area (Å²) in [5.74, 6) is 1.56. The molecule has 7 nitrogen and oxygen atoms in total. The molecule has 2 aromatic heterocycles. The van der Waals surface area contributed by atoms with Crippen LogP contribution in [0.4, 0.5) is 0 Å². The van der Waals surface area contributed by atoms with Gasteiger partial charge in [-0.1, -0.05) is 6.92 Å². The van der Waals surface area contributed by atoms with E-state index in [-0.39, 0.29) is 11.5 Å². The normalized spacial score (nSPS) is 16.7. The van der Waals surface area contributed by atoms with E-state index < -0.39 is 0 Å². The molecule has 174 valence electrons. The number of piperazine rings is 1. The molecule has 0 radical (unpaired) electrons. The molecule has 0 atom stereocenters. The number of hydrogen-bond donors (Lipinski definition) is 1. The first-order valence-corrected chi connectivity index (χ1v) is 12.7. The zero-order valence-electron chi connectivity index (χ0n) is 19.1. The maximum Gasteiger partial charge on any atom is 0.259 e. The van der Waals surface area contributed by atoms with Crippen molar-refractivity contribution in [3.63, 3.8) is 0 Å². The lowest BCUT2D eigenvalue weighted by Crippen LogP contribution is -2.48. The van der Waals surface area contributed by atoms with Gasteiger partial charge in [0.25, 0.3) is 11.5 Å². The highest BCUT2D eigenvalue weighted by molar-refractivity contribution is 7.18. The van der Waals surface area contributed by atoms with Crippen molar-refractivity contribution in [3.8, 4) is 5.75 Å². The Morgan fingerprint density at radius 2 is 1.88 bits per heavy atom. The summed E-state index contributed by atoms with van der Waals surface area (Å²) in [5, 5.41) is 0.806. The minimum atomic E-state index is -0.00502. The van der Waals surface area contributed by atoms with Crippen LogP contribution in [0.1, 0.15) is 52.8 Å². The van der Waals surface area contributed by atoms with Crippen LogP contribution in [0.25, 0.3) is 10.2 Å². The van der Waals surface area contributed by atoms with E-state index in [1.165, 1.54) is 16.9 Å². The van der Waals surface area contributed by atoms with Gasteiger partial charge in [0.15, 0.2) is 0 Å². The van der Waals surface area contributed by atoms with Crippen molar-refractivity contribution in [2.75, 3.05) is 32.8 Å². The van der Waals surface area contributed by atoms with Gasteiger partial charge in [0.1, 0.15) is 16.4 Å². The Morgan fingerprint density at radius 1 is 1.12 bits per heavy atom. The van der Waals surface area contributed by atoms with Crippen LogP contribution in [0.3, 0.4) is 0 Å². The van der Waals surface area contributed by atoms with Crippen molar-refractivity contribution in [1.29, 1.82) is 0 Å². The molecule has 0 unspecified atom stereocenters. The third kappa shape index (κ3) is 4.68. The number of rotatable bonds is 6. The SMILES string of the molecule is CCCOc1ccc(C(=O)N2CCN(Cc3nc4sc5c(c4c(=O)[nH]3)CCCC5)CC2)cc1. The molecule has 3 aromatic rings. The van der Waals surface area contributed by atoms with Crippen LogP contribution in [0, 0.1) is 0 Å². The lowest BCUT2D eigenvalue weighted by Gasteiger charge is -2.34. The van der Waals surface area contributed by atoms with Crippen molar-refractivity contribution in [2.24, 2.45) is 0 Å². The molecule has 0 bridgehead atoms. The van der Waals surface area contributed by atoms with Gasteiger partial charge >= 0.3 is 0 Å². The summed E-state index contributed by atoms with van der Waals surface area (Å²) in [7, 11) is 0. The summed E-state index contributed by atoms with van der Waals surface area (Å²) >= 11 is 1.69. The summed E-state index contributed by atoms with van der Waals surface area (Å²) in [6, 6.07) is 7.40. The minimum Gasteiger partial charge on any atom is -0.494 e. The third-order valence-electron chi connectivity index (χ3n) is 6.48. The van der Waals surface area contributed by atoms with Gasteiger partial charge in [-0.3, -0.25) is 14.5 Å². The molecule has 1 aromatic carbocycles. The Morgan fingerprint density at radius 3 is 2.64 bits per heavy atom. The Bertz CT molecular complexity index is 1190. The standard InChI is InChI=1S/C25H30N4O3S/c1-2-15-32-18-9-7-17(8-10-18)25(31)29-13-11-28(12-14-29)16-21-26-23(30)22-19-5-3-4-6-20(19)33-24(22)27-21/h7-10H,2-6,11-16H2,1H3,(H,26,27,30). The number of nitrogens with zero attached hydrogens (tertiary/aromatic N) is 3. The summed E-state index contributed by atoms with van der Waals surface area (Å²) < 4.78 is 5.60. The third-order valence-corrected chi connectivity index (χ3v) is 7.67. The van der Waals surface area contributed by atoms with Crippen molar-refractivity contribution < 1.29 is 9.53 Å². The fourth-order valence-electron chi connectivity index (χ4n) is 4.70. The second-order valence-corrected chi connectivity index (χ2v) is 9.93. The number of aromatic amines is 1. The molecule has 8 heteroatoms. The monoisotopic (exact) mass is 466 g/mol. The van der Waals surface area contributed by atoms with Crippen molar-refractivity contribution in [3.05, 3.63) is 56.4 Å². The van der Waals surface area contributed by atoms with Gasteiger partial charge in [-0.25, -0.2) is 4.98 Å². The van der Waals surface area contributed by atoms with Gasteiger partial charge < -0.3 is 14.6 Å². The molecule has 0 saturated carbocycles. The molecule has 1 amide bonds. The molecule has 5 rings (SSSR count). The molecule has 2 aliphatic rings. The van der Waals surface area contributed by atoms with Crippen LogP contribution in [0.2, 0.25) is 0 Å². The molecule has 1 fully saturated rings. The maximum absolute atomic E-state index is 12.9. The fraction of sp³-hybridized carbons (Fsp3) is 0.480. The second kappa shape index (κ2) is 9.65. The van der Waals surface area contributed by atoms with E-state index in [1.54, 1.807) is 11.3 Å². The number of thiophene rings is 1. The Balaban J connectivity index is 1.20. The van der Waals surface area contributed by atoms with Gasteiger partial charge in [-0.05, 0) is 61.9 Å². The number of ether oxygens (including phenoxy) is 1. The number of aromatic nitrogens is 2. The van der Waals surface area contributed by atoms with Crippen molar-refractivity contribution >= 4 is 27.5 Å². The first kappa shape index (κ1) is 22.1. The number of carbonyl (C=O) groups is 1. The first-order valence-electron chi connectivity index (χ1n) is 11.9. The van der Waals surface area contributed by atoms with Crippen LogP contribution in [-0.2, 0) is 19.4 Å². The first-order chi connectivity index (χ1) is 16.1. The molecule has 0 spiro atoms. The zero-order valence-corrected chi connectivity index (χ0v) is 19.9. The van der Waals surface area contributed by atoms with Crippen LogP contribution >= 0.6 is 11.3 Å². The summed E-state index contributed by atoms with van der Waals surface area (Å²) in [5.41, 5.74) is 1.90. The highest BCUT2D eigenvalue weighted by Gasteiger charge is 2.24. The Labute approximate surface area is 197 Å². The lowest BCUT2D eigenvalue weighted by atomic mass is 9.97. The number of carbonyl (C=O) groups excluding carboxylic acids is 1. The molecule has 33 heavy (non-hydrogen) atoms. The summed E-state index contributed by atoms with van der Waals surface area (Å²) in [4.78, 5) is 39.8. The van der Waals surface area contributed by atoms with Gasteiger partial charge in [-0.15, -0.1) is 11.3 Å². The highest BCUT2D eigenvalue weighted by atomic mass is 32.1. The van der Waals surface area contributed by atoms with Gasteiger partial charge in [0.05, 0.1) is 18.5 Å². The summed E-state index contributed by atoms with van der Waals surface area (Å²) in [6.07, 6.45) is 5.36. The molecule has 1 saturated heterocycles. The average Bonchev–Trinajstić information content (AvgIpc) is 3.22. The predicted octanol–water partition coefficient (Wildman–Crippen LogP) is 3.61. The van der Waals surface area contributed by atoms with Crippen molar-refractivity contribution in [1.82, 2.24) is 19.8 Å². The zero-order chi connectivity index (χ0) is 22.8. The molecule has 1 aliphatic carbocycles. The van der Waals surface area contributed by atoms with Gasteiger partial charge in [0, 0.05) is 36.6 Å². The quantitative estimate of drug-likeness (QED) is 0.600. The van der Waals surface area contributed by atoms with E-state index in [0.29, 0.717) is 37.6 Å². The lowest BCUT2D eigenvalue weighted by molar-refractivity contribution is 0.0625. The number of fused-ring (bicyclic) bond motifs is 3. The molecule has 1 N–H and O–H groups in total. The van der Waals surface area contributed by atoms with E-state index in [2.05, 4.69) is 16.8 Å².